The number of nitrogens with two attached hydrogens (primary N) is 2. The first-order chi connectivity index (χ1) is 14.0. The Labute approximate surface area is 170 Å². The van der Waals surface area contributed by atoms with Crippen LogP contribution in [-0.4, -0.2) is 39.6 Å². The fourth-order valence-electron chi connectivity index (χ4n) is 4.66. The van der Waals surface area contributed by atoms with Crippen molar-refractivity contribution in [1.82, 2.24) is 14.7 Å². The van der Waals surface area contributed by atoms with E-state index in [2.05, 4.69) is 24.8 Å². The second-order valence-electron chi connectivity index (χ2n) is 8.04. The molecule has 1 aliphatic heterocycles. The highest BCUT2D eigenvalue weighted by Crippen LogP contribution is 2.35. The second-order valence-corrected chi connectivity index (χ2v) is 8.04. The molecule has 2 unspecified atom stereocenters. The predicted molar refractivity (Wildman–Crippen MR) is 111 cm³/mol. The molecular weight excluding hydrogens is 366 g/mol. The predicted octanol–water partition coefficient (Wildman–Crippen LogP) is 1.87. The lowest BCUT2D eigenvalue weighted by Crippen LogP contribution is -2.27. The zero-order valence-corrected chi connectivity index (χ0v) is 16.5. The Morgan fingerprint density at radius 1 is 1.24 bits per heavy atom. The topological polar surface area (TPSA) is 107 Å². The van der Waals surface area contributed by atoms with Gasteiger partial charge in [0.2, 0.25) is 5.91 Å². The fraction of sp³-hybridized carbons (Fsp3) is 0.409. The lowest BCUT2D eigenvalue weighted by Gasteiger charge is -2.23. The van der Waals surface area contributed by atoms with Crippen LogP contribution < -0.4 is 11.5 Å². The number of rotatable bonds is 5. The maximum Gasteiger partial charge on any atom is 0.254 e. The smallest absolute Gasteiger partial charge is 0.254 e. The van der Waals surface area contributed by atoms with E-state index in [0.717, 1.165) is 25.7 Å². The Balaban J connectivity index is 1.57. The Morgan fingerprint density at radius 3 is 2.72 bits per heavy atom. The molecule has 1 aromatic heterocycles. The fourth-order valence-corrected chi connectivity index (χ4v) is 4.66. The average molecular weight is 393 g/mol. The minimum atomic E-state index is -0.530. The van der Waals surface area contributed by atoms with E-state index in [4.69, 9.17) is 16.6 Å². The van der Waals surface area contributed by atoms with Crippen LogP contribution >= 0.6 is 0 Å². The molecule has 0 radical (unpaired) electrons. The zero-order chi connectivity index (χ0) is 20.5. The van der Waals surface area contributed by atoms with Gasteiger partial charge in [-0.2, -0.15) is 5.10 Å². The van der Waals surface area contributed by atoms with E-state index < -0.39 is 5.91 Å². The molecular formula is C22H27N5O2. The maximum atomic E-state index is 12.2. The van der Waals surface area contributed by atoms with Crippen molar-refractivity contribution in [2.45, 2.75) is 38.1 Å². The van der Waals surface area contributed by atoms with E-state index in [1.54, 1.807) is 9.58 Å². The number of aryl methyl sites for hydroxylation is 1. The molecule has 1 aliphatic carbocycles. The number of hydrogen-bond donors (Lipinski definition) is 2. The van der Waals surface area contributed by atoms with E-state index in [1.165, 1.54) is 17.2 Å². The van der Waals surface area contributed by atoms with Gasteiger partial charge < -0.3 is 16.4 Å². The molecule has 29 heavy (non-hydrogen) atoms. The van der Waals surface area contributed by atoms with Crippen LogP contribution in [0.4, 0.5) is 5.82 Å². The molecule has 2 atom stereocenters. The minimum absolute atomic E-state index is 0.0553. The molecule has 2 aliphatic rings. The summed E-state index contributed by atoms with van der Waals surface area (Å²) < 4.78 is 1.71. The van der Waals surface area contributed by atoms with Crippen LogP contribution in [0.5, 0.6) is 0 Å². The quantitative estimate of drug-likeness (QED) is 0.756. The molecule has 7 nitrogen and oxygen atoms in total. The molecule has 0 bridgehead atoms. The van der Waals surface area contributed by atoms with Crippen LogP contribution in [0, 0.1) is 5.92 Å². The largest absolute Gasteiger partial charge is 0.383 e. The number of anilines is 1. The lowest BCUT2D eigenvalue weighted by atomic mass is 9.81. The van der Waals surface area contributed by atoms with E-state index >= 15 is 0 Å². The van der Waals surface area contributed by atoms with Gasteiger partial charge in [-0.05, 0) is 48.8 Å². The highest BCUT2D eigenvalue weighted by Gasteiger charge is 2.31. The molecule has 1 aromatic carbocycles. The van der Waals surface area contributed by atoms with Gasteiger partial charge in [0.25, 0.3) is 5.91 Å². The van der Waals surface area contributed by atoms with Gasteiger partial charge in [-0.1, -0.05) is 30.8 Å². The van der Waals surface area contributed by atoms with Crippen LogP contribution in [0.25, 0.3) is 0 Å². The first kappa shape index (κ1) is 19.2. The molecule has 2 heterocycles. The van der Waals surface area contributed by atoms with Gasteiger partial charge in [0.1, 0.15) is 11.4 Å². The molecule has 2 aromatic rings. The minimum Gasteiger partial charge on any atom is -0.383 e. The number of hydrogen-bond acceptors (Lipinski definition) is 4. The summed E-state index contributed by atoms with van der Waals surface area (Å²) in [7, 11) is 0. The summed E-state index contributed by atoms with van der Waals surface area (Å²) in [5.41, 5.74) is 15.7. The van der Waals surface area contributed by atoms with Gasteiger partial charge in [-0.25, -0.2) is 4.68 Å². The molecule has 4 N–H and O–H groups in total. The summed E-state index contributed by atoms with van der Waals surface area (Å²) in [4.78, 5) is 25.8. The number of carbonyl (C=O) groups excluding carboxylic acids is 2. The summed E-state index contributed by atoms with van der Waals surface area (Å²) in [6.45, 7) is 5.46. The van der Waals surface area contributed by atoms with Gasteiger partial charge in [0, 0.05) is 25.6 Å². The first-order valence-corrected chi connectivity index (χ1v) is 10.1. The molecule has 1 fully saturated rings. The number of benzene rings is 1. The number of nitrogens with zero attached hydrogens (tertiary/aromatic N) is 3. The normalized spacial score (nSPS) is 21.0. The lowest BCUT2D eigenvalue weighted by molar-refractivity contribution is -0.125. The summed E-state index contributed by atoms with van der Waals surface area (Å²) in [6.07, 6.45) is 4.91. The third-order valence-electron chi connectivity index (χ3n) is 6.20. The molecule has 152 valence electrons. The summed E-state index contributed by atoms with van der Waals surface area (Å²) >= 11 is 0. The highest BCUT2D eigenvalue weighted by atomic mass is 16.2. The molecule has 2 amide bonds. The number of nitrogen functional groups attached to an aromatic ring is 1. The number of primary amides is 1. The van der Waals surface area contributed by atoms with Crippen LogP contribution in [-0.2, 0) is 24.2 Å². The number of carbonyl (C=O) groups is 2. The Kier molecular flexibility index (Phi) is 5.13. The van der Waals surface area contributed by atoms with Gasteiger partial charge in [-0.15, -0.1) is 0 Å². The van der Waals surface area contributed by atoms with Crippen molar-refractivity contribution in [3.05, 3.63) is 59.3 Å². The highest BCUT2D eigenvalue weighted by molar-refractivity contribution is 5.98. The van der Waals surface area contributed by atoms with E-state index in [-0.39, 0.29) is 17.7 Å². The van der Waals surface area contributed by atoms with Crippen molar-refractivity contribution in [3.63, 3.8) is 0 Å². The Hall–Kier alpha value is -3.09. The summed E-state index contributed by atoms with van der Waals surface area (Å²) in [5.74, 6) is 0.109. The van der Waals surface area contributed by atoms with Crippen LogP contribution in [0.2, 0.25) is 0 Å². The van der Waals surface area contributed by atoms with Crippen LogP contribution in [0.1, 0.15) is 45.9 Å². The summed E-state index contributed by atoms with van der Waals surface area (Å²) in [5, 5.41) is 4.75. The van der Waals surface area contributed by atoms with Crippen molar-refractivity contribution >= 4 is 17.6 Å². The molecule has 4 rings (SSSR count). The van der Waals surface area contributed by atoms with Gasteiger partial charge >= 0.3 is 0 Å². The number of likely N-dealkylation sites (tertiary alicyclic amines) is 1. The van der Waals surface area contributed by atoms with Crippen LogP contribution in [0.3, 0.4) is 0 Å². The molecule has 1 saturated heterocycles. The SMILES string of the molecule is C=CC(=O)N1CCC(Cn2nc(C3CCc4ccccc4C3)c(C(N)=O)c2N)C1. The van der Waals surface area contributed by atoms with Crippen molar-refractivity contribution in [2.75, 3.05) is 18.8 Å². The summed E-state index contributed by atoms with van der Waals surface area (Å²) in [6, 6.07) is 8.39. The van der Waals surface area contributed by atoms with Crippen molar-refractivity contribution in [2.24, 2.45) is 11.7 Å². The van der Waals surface area contributed by atoms with E-state index in [9.17, 15) is 9.59 Å². The standard InChI is InChI=1S/C22H27N5O2/c1-2-18(28)26-10-9-14(12-26)13-27-21(23)19(22(24)29)20(25-27)17-8-7-15-5-3-4-6-16(15)11-17/h2-6,14,17H,1,7-13,23H2,(H2,24,29). The monoisotopic (exact) mass is 393 g/mol. The Morgan fingerprint density at radius 2 is 2.00 bits per heavy atom. The molecule has 7 heteroatoms. The third kappa shape index (κ3) is 3.64. The van der Waals surface area contributed by atoms with Crippen molar-refractivity contribution < 1.29 is 9.59 Å². The average Bonchev–Trinajstić information content (AvgIpc) is 3.32. The van der Waals surface area contributed by atoms with Crippen molar-refractivity contribution in [1.29, 1.82) is 0 Å². The number of fused-ring (bicyclic) bond motifs is 1. The first-order valence-electron chi connectivity index (χ1n) is 10.1. The molecule has 0 saturated carbocycles. The van der Waals surface area contributed by atoms with E-state index in [0.29, 0.717) is 36.7 Å². The number of aromatic nitrogens is 2. The van der Waals surface area contributed by atoms with Gasteiger partial charge in [-0.3, -0.25) is 9.59 Å². The van der Waals surface area contributed by atoms with Crippen LogP contribution in [0.15, 0.2) is 36.9 Å². The van der Waals surface area contributed by atoms with E-state index in [1.807, 2.05) is 6.07 Å². The Bertz CT molecular complexity index is 964. The molecule has 0 spiro atoms. The van der Waals surface area contributed by atoms with Crippen molar-refractivity contribution in [3.8, 4) is 0 Å². The zero-order valence-electron chi connectivity index (χ0n) is 16.5. The number of amides is 2. The second kappa shape index (κ2) is 7.73. The van der Waals surface area contributed by atoms with Gasteiger partial charge in [0.15, 0.2) is 0 Å². The maximum absolute atomic E-state index is 12.2. The third-order valence-corrected chi connectivity index (χ3v) is 6.20. The van der Waals surface area contributed by atoms with Gasteiger partial charge in [0.05, 0.1) is 5.69 Å².